The highest BCUT2D eigenvalue weighted by Crippen LogP contribution is 2.16. The second-order valence-corrected chi connectivity index (χ2v) is 6.21. The number of benzene rings is 2. The van der Waals surface area contributed by atoms with Gasteiger partial charge in [-0.05, 0) is 43.3 Å². The Morgan fingerprint density at radius 3 is 2.11 bits per heavy atom. The minimum atomic E-state index is -0.415. The van der Waals surface area contributed by atoms with Crippen LogP contribution >= 0.6 is 0 Å². The largest absolute Gasteiger partial charge is 0.415 e. The Balaban J connectivity index is 1.54. The van der Waals surface area contributed by atoms with E-state index in [1.54, 1.807) is 46.2 Å². The lowest BCUT2D eigenvalue weighted by molar-refractivity contribution is 0.0633. The molecule has 7 heteroatoms. The van der Waals surface area contributed by atoms with Gasteiger partial charge in [0.25, 0.3) is 5.91 Å². The van der Waals surface area contributed by atoms with Gasteiger partial charge in [0.05, 0.1) is 5.69 Å². The van der Waals surface area contributed by atoms with Gasteiger partial charge in [-0.2, -0.15) is 4.99 Å². The van der Waals surface area contributed by atoms with Crippen LogP contribution in [0.1, 0.15) is 15.9 Å². The summed E-state index contributed by atoms with van der Waals surface area (Å²) < 4.78 is 5.37. The molecular weight excluding hydrogens is 346 g/mol. The van der Waals surface area contributed by atoms with Gasteiger partial charge in [0.15, 0.2) is 0 Å². The maximum Gasteiger partial charge on any atom is 0.415 e. The van der Waals surface area contributed by atoms with Crippen LogP contribution in [0.5, 0.6) is 5.75 Å². The van der Waals surface area contributed by atoms with E-state index < -0.39 is 6.09 Å². The molecule has 0 spiro atoms. The summed E-state index contributed by atoms with van der Waals surface area (Å²) >= 11 is 0. The molecule has 0 atom stereocenters. The summed E-state index contributed by atoms with van der Waals surface area (Å²) in [4.78, 5) is 41.8. The number of ether oxygens (including phenoxy) is 1. The number of hydrogen-bond donors (Lipinski definition) is 0. The third-order valence-corrected chi connectivity index (χ3v) is 4.34. The summed E-state index contributed by atoms with van der Waals surface area (Å²) in [6.07, 6.45) is 1.05. The van der Waals surface area contributed by atoms with Gasteiger partial charge in [0, 0.05) is 31.7 Å². The number of hydrogen-bond acceptors (Lipinski definition) is 5. The average molecular weight is 365 g/mol. The molecule has 1 aliphatic rings. The van der Waals surface area contributed by atoms with Gasteiger partial charge in [0.2, 0.25) is 6.08 Å². The molecule has 0 aliphatic carbocycles. The number of carbonyl (C=O) groups excluding carboxylic acids is 3. The fourth-order valence-electron chi connectivity index (χ4n) is 2.78. The number of isocyanates is 1. The Hall–Kier alpha value is -3.44. The zero-order valence-corrected chi connectivity index (χ0v) is 14.9. The van der Waals surface area contributed by atoms with Crippen molar-refractivity contribution in [1.82, 2.24) is 9.80 Å². The highest BCUT2D eigenvalue weighted by molar-refractivity contribution is 5.94. The van der Waals surface area contributed by atoms with E-state index in [9.17, 15) is 14.4 Å². The molecule has 1 saturated heterocycles. The summed E-state index contributed by atoms with van der Waals surface area (Å²) in [6, 6.07) is 13.7. The Morgan fingerprint density at radius 2 is 1.52 bits per heavy atom. The van der Waals surface area contributed by atoms with Crippen molar-refractivity contribution in [2.75, 3.05) is 26.2 Å². The number of aliphatic imine (C=N–C) groups is 1. The van der Waals surface area contributed by atoms with Gasteiger partial charge in [-0.1, -0.05) is 17.7 Å². The second kappa shape index (κ2) is 8.29. The first-order valence-corrected chi connectivity index (χ1v) is 8.57. The van der Waals surface area contributed by atoms with Crippen LogP contribution in [-0.4, -0.2) is 54.1 Å². The van der Waals surface area contributed by atoms with Crippen molar-refractivity contribution in [3.05, 3.63) is 59.7 Å². The van der Waals surface area contributed by atoms with Crippen LogP contribution in [0, 0.1) is 6.92 Å². The molecule has 2 aromatic rings. The third kappa shape index (κ3) is 4.59. The van der Waals surface area contributed by atoms with Gasteiger partial charge in [-0.15, -0.1) is 0 Å². The monoisotopic (exact) mass is 365 g/mol. The fraction of sp³-hybridized carbons (Fsp3) is 0.250. The van der Waals surface area contributed by atoms with Crippen LogP contribution in [0.15, 0.2) is 53.5 Å². The van der Waals surface area contributed by atoms with Crippen molar-refractivity contribution < 1.29 is 19.1 Å². The second-order valence-electron chi connectivity index (χ2n) is 6.21. The molecule has 0 unspecified atom stereocenters. The highest BCUT2D eigenvalue weighted by Gasteiger charge is 2.26. The molecule has 2 amide bonds. The predicted octanol–water partition coefficient (Wildman–Crippen LogP) is 2.92. The maximum atomic E-state index is 12.6. The van der Waals surface area contributed by atoms with E-state index in [0.29, 0.717) is 43.2 Å². The van der Waals surface area contributed by atoms with E-state index in [0.717, 1.165) is 5.56 Å². The Kier molecular flexibility index (Phi) is 5.64. The van der Waals surface area contributed by atoms with E-state index in [1.807, 2.05) is 19.1 Å². The molecule has 0 aromatic heterocycles. The smallest absolute Gasteiger partial charge is 0.410 e. The van der Waals surface area contributed by atoms with Crippen LogP contribution in [0.3, 0.4) is 0 Å². The van der Waals surface area contributed by atoms with Crippen molar-refractivity contribution in [1.29, 1.82) is 0 Å². The van der Waals surface area contributed by atoms with Crippen LogP contribution < -0.4 is 4.74 Å². The van der Waals surface area contributed by atoms with Gasteiger partial charge in [-0.3, -0.25) is 4.79 Å². The number of nitrogens with zero attached hydrogens (tertiary/aromatic N) is 3. The lowest BCUT2D eigenvalue weighted by Crippen LogP contribution is -2.51. The standard InChI is InChI=1S/C20H19N3O4/c1-15-2-8-18(9-3-15)27-20(26)23-12-10-22(11-13-23)19(25)16-4-6-17(7-5-16)21-14-24/h2-9H,10-13H2,1H3. The minimum absolute atomic E-state index is 0.122. The molecule has 2 aromatic carbocycles. The van der Waals surface area contributed by atoms with E-state index in [-0.39, 0.29) is 5.91 Å². The topological polar surface area (TPSA) is 79.3 Å². The summed E-state index contributed by atoms with van der Waals surface area (Å²) in [7, 11) is 0. The molecule has 138 valence electrons. The lowest BCUT2D eigenvalue weighted by atomic mass is 10.1. The minimum Gasteiger partial charge on any atom is -0.410 e. The van der Waals surface area contributed by atoms with Gasteiger partial charge >= 0.3 is 6.09 Å². The molecule has 0 radical (unpaired) electrons. The van der Waals surface area contributed by atoms with Gasteiger partial charge < -0.3 is 14.5 Å². The molecule has 7 nitrogen and oxygen atoms in total. The molecule has 1 aliphatic heterocycles. The SMILES string of the molecule is Cc1ccc(OC(=O)N2CCN(C(=O)c3ccc(N=C=O)cc3)CC2)cc1. The van der Waals surface area contributed by atoms with E-state index >= 15 is 0 Å². The van der Waals surface area contributed by atoms with Crippen molar-refractivity contribution in [2.45, 2.75) is 6.92 Å². The zero-order valence-electron chi connectivity index (χ0n) is 14.9. The van der Waals surface area contributed by atoms with Gasteiger partial charge in [0.1, 0.15) is 5.75 Å². The molecule has 27 heavy (non-hydrogen) atoms. The summed E-state index contributed by atoms with van der Waals surface area (Å²) in [5, 5.41) is 0. The van der Waals surface area contributed by atoms with Crippen molar-refractivity contribution >= 4 is 23.8 Å². The average Bonchev–Trinajstić information content (AvgIpc) is 2.70. The molecule has 1 fully saturated rings. The first kappa shape index (κ1) is 18.4. The van der Waals surface area contributed by atoms with Crippen molar-refractivity contribution in [3.8, 4) is 5.75 Å². The molecular formula is C20H19N3O4. The van der Waals surface area contributed by atoms with E-state index in [4.69, 9.17) is 4.74 Å². The lowest BCUT2D eigenvalue weighted by Gasteiger charge is -2.34. The molecule has 1 heterocycles. The molecule has 0 saturated carbocycles. The Morgan fingerprint density at radius 1 is 0.926 bits per heavy atom. The van der Waals surface area contributed by atoms with Gasteiger partial charge in [-0.25, -0.2) is 9.59 Å². The van der Waals surface area contributed by atoms with Crippen molar-refractivity contribution in [3.63, 3.8) is 0 Å². The summed E-state index contributed by atoms with van der Waals surface area (Å²) in [5.74, 6) is 0.380. The molecule has 0 N–H and O–H groups in total. The van der Waals surface area contributed by atoms with Crippen LogP contribution in [0.4, 0.5) is 10.5 Å². The first-order valence-electron chi connectivity index (χ1n) is 8.57. The number of carbonyl (C=O) groups is 2. The van der Waals surface area contributed by atoms with E-state index in [1.165, 1.54) is 6.08 Å². The maximum absolute atomic E-state index is 12.6. The van der Waals surface area contributed by atoms with Crippen LogP contribution in [-0.2, 0) is 4.79 Å². The quantitative estimate of drug-likeness (QED) is 0.619. The molecule has 0 bridgehead atoms. The van der Waals surface area contributed by atoms with Crippen LogP contribution in [0.2, 0.25) is 0 Å². The van der Waals surface area contributed by atoms with E-state index in [2.05, 4.69) is 4.99 Å². The fourth-order valence-corrected chi connectivity index (χ4v) is 2.78. The number of piperazine rings is 1. The predicted molar refractivity (Wildman–Crippen MR) is 98.9 cm³/mol. The normalized spacial score (nSPS) is 13.7. The van der Waals surface area contributed by atoms with Crippen molar-refractivity contribution in [2.24, 2.45) is 4.99 Å². The Labute approximate surface area is 156 Å². The summed E-state index contributed by atoms with van der Waals surface area (Å²) in [5.41, 5.74) is 2.05. The number of aryl methyl sites for hydroxylation is 1. The summed E-state index contributed by atoms with van der Waals surface area (Å²) in [6.45, 7) is 3.63. The Bertz CT molecular complexity index is 863. The number of rotatable bonds is 3. The first-order chi connectivity index (χ1) is 13.1. The highest BCUT2D eigenvalue weighted by atomic mass is 16.6. The zero-order chi connectivity index (χ0) is 19.2. The third-order valence-electron chi connectivity index (χ3n) is 4.34. The number of amides is 2. The molecule has 3 rings (SSSR count). The van der Waals surface area contributed by atoms with Crippen LogP contribution in [0.25, 0.3) is 0 Å².